The van der Waals surface area contributed by atoms with Crippen LogP contribution in [0, 0.1) is 5.92 Å². The molecule has 1 aromatic rings. The van der Waals surface area contributed by atoms with E-state index in [9.17, 15) is 4.79 Å². The van der Waals surface area contributed by atoms with Crippen molar-refractivity contribution in [1.82, 2.24) is 4.90 Å². The molecule has 88 valence electrons. The minimum Gasteiger partial charge on any atom is -0.328 e. The maximum absolute atomic E-state index is 12.3. The summed E-state index contributed by atoms with van der Waals surface area (Å²) in [5, 5.41) is 0. The van der Waals surface area contributed by atoms with Crippen LogP contribution in [0.5, 0.6) is 0 Å². The monoisotopic (exact) mass is 228 g/mol. The van der Waals surface area contributed by atoms with Crippen molar-refractivity contribution in [2.45, 2.75) is 18.9 Å². The van der Waals surface area contributed by atoms with Crippen LogP contribution in [0.3, 0.4) is 0 Å². The van der Waals surface area contributed by atoms with Gasteiger partial charge in [0.1, 0.15) is 0 Å². The van der Waals surface area contributed by atoms with E-state index in [-0.39, 0.29) is 11.9 Å². The number of nitrogens with zero attached hydrogens (tertiary/aromatic N) is 1. The van der Waals surface area contributed by atoms with E-state index in [4.69, 9.17) is 5.73 Å². The molecule has 0 radical (unpaired) electrons. The Bertz CT molecular complexity index is 456. The summed E-state index contributed by atoms with van der Waals surface area (Å²) in [5.41, 5.74) is 8.35. The van der Waals surface area contributed by atoms with Gasteiger partial charge in [-0.1, -0.05) is 24.8 Å². The summed E-state index contributed by atoms with van der Waals surface area (Å²) in [7, 11) is 0. The molecule has 0 saturated heterocycles. The van der Waals surface area contributed by atoms with Gasteiger partial charge in [-0.3, -0.25) is 4.79 Å². The molecule has 1 heterocycles. The zero-order valence-electron chi connectivity index (χ0n) is 9.73. The predicted molar refractivity (Wildman–Crippen MR) is 67.2 cm³/mol. The third-order valence-electron chi connectivity index (χ3n) is 3.72. The summed E-state index contributed by atoms with van der Waals surface area (Å²) in [6.45, 7) is 4.57. The maximum Gasteiger partial charge on any atom is 0.259 e. The Morgan fingerprint density at radius 3 is 2.53 bits per heavy atom. The lowest BCUT2D eigenvalue weighted by Crippen LogP contribution is -2.41. The highest BCUT2D eigenvalue weighted by atomic mass is 16.2. The molecule has 1 unspecified atom stereocenters. The molecule has 0 spiro atoms. The van der Waals surface area contributed by atoms with Gasteiger partial charge < -0.3 is 10.6 Å². The van der Waals surface area contributed by atoms with Crippen molar-refractivity contribution < 1.29 is 4.79 Å². The van der Waals surface area contributed by atoms with E-state index < -0.39 is 0 Å². The van der Waals surface area contributed by atoms with Crippen molar-refractivity contribution in [3.05, 3.63) is 42.0 Å². The maximum atomic E-state index is 12.3. The molecule has 0 bridgehead atoms. The van der Waals surface area contributed by atoms with E-state index in [2.05, 4.69) is 6.58 Å². The van der Waals surface area contributed by atoms with Crippen molar-refractivity contribution in [3.8, 4) is 0 Å². The molecule has 3 heteroatoms. The Labute approximate surface area is 101 Å². The van der Waals surface area contributed by atoms with Crippen LogP contribution in [-0.2, 0) is 0 Å². The summed E-state index contributed by atoms with van der Waals surface area (Å²) in [5.74, 6) is 0.628. The van der Waals surface area contributed by atoms with Crippen molar-refractivity contribution in [3.63, 3.8) is 0 Å². The van der Waals surface area contributed by atoms with Gasteiger partial charge in [0.05, 0.1) is 6.04 Å². The molecular formula is C14H16N2O. The number of fused-ring (bicyclic) bond motifs is 1. The van der Waals surface area contributed by atoms with Crippen LogP contribution in [-0.4, -0.2) is 23.4 Å². The third-order valence-corrected chi connectivity index (χ3v) is 3.72. The summed E-state index contributed by atoms with van der Waals surface area (Å²) < 4.78 is 0. The summed E-state index contributed by atoms with van der Waals surface area (Å²) >= 11 is 0. The van der Waals surface area contributed by atoms with Crippen LogP contribution in [0.15, 0.2) is 30.8 Å². The lowest BCUT2D eigenvalue weighted by atomic mass is 10.1. The predicted octanol–water partition coefficient (Wildman–Crippen LogP) is 1.85. The molecule has 1 fully saturated rings. The van der Waals surface area contributed by atoms with E-state index in [1.807, 2.05) is 29.2 Å². The second-order valence-corrected chi connectivity index (χ2v) is 4.81. The van der Waals surface area contributed by atoms with Gasteiger partial charge in [0.25, 0.3) is 5.91 Å². The molecular weight excluding hydrogens is 212 g/mol. The summed E-state index contributed by atoms with van der Waals surface area (Å²) in [6, 6.07) is 7.78. The van der Waals surface area contributed by atoms with Crippen LogP contribution in [0.4, 0.5) is 0 Å². The van der Waals surface area contributed by atoms with Gasteiger partial charge >= 0.3 is 0 Å². The fourth-order valence-electron chi connectivity index (χ4n) is 2.64. The van der Waals surface area contributed by atoms with Crippen LogP contribution < -0.4 is 5.73 Å². The third kappa shape index (κ3) is 1.50. The minimum absolute atomic E-state index is 0.0629. The molecule has 1 aromatic carbocycles. The number of carbonyl (C=O) groups is 1. The fourth-order valence-corrected chi connectivity index (χ4v) is 2.64. The molecule has 3 nitrogen and oxygen atoms in total. The van der Waals surface area contributed by atoms with E-state index in [1.165, 1.54) is 12.8 Å². The Balaban J connectivity index is 1.99. The molecule has 2 N–H and O–H groups in total. The van der Waals surface area contributed by atoms with E-state index in [1.54, 1.807) is 0 Å². The highest BCUT2D eigenvalue weighted by molar-refractivity contribution is 6.09. The second-order valence-electron chi connectivity index (χ2n) is 4.81. The second kappa shape index (κ2) is 3.70. The quantitative estimate of drug-likeness (QED) is 0.858. The first-order valence-electron chi connectivity index (χ1n) is 6.06. The van der Waals surface area contributed by atoms with Gasteiger partial charge in [0, 0.05) is 23.4 Å². The van der Waals surface area contributed by atoms with Gasteiger partial charge in [-0.2, -0.15) is 0 Å². The topological polar surface area (TPSA) is 46.3 Å². The largest absolute Gasteiger partial charge is 0.328 e. The Morgan fingerprint density at radius 1 is 1.35 bits per heavy atom. The van der Waals surface area contributed by atoms with Gasteiger partial charge in [0.2, 0.25) is 0 Å². The first-order valence-corrected chi connectivity index (χ1v) is 6.06. The highest BCUT2D eigenvalue weighted by Crippen LogP contribution is 2.41. The van der Waals surface area contributed by atoms with E-state index >= 15 is 0 Å². The molecule has 1 saturated carbocycles. The fraction of sp³-hybridized carbons (Fsp3) is 0.357. The first kappa shape index (κ1) is 10.5. The molecule has 3 rings (SSSR count). The Morgan fingerprint density at radius 2 is 2.00 bits per heavy atom. The van der Waals surface area contributed by atoms with Gasteiger partial charge in [-0.25, -0.2) is 0 Å². The van der Waals surface area contributed by atoms with Crippen molar-refractivity contribution in [1.29, 1.82) is 0 Å². The number of nitrogens with two attached hydrogens (primary N) is 1. The lowest BCUT2D eigenvalue weighted by molar-refractivity contribution is 0.0794. The van der Waals surface area contributed by atoms with Gasteiger partial charge in [-0.15, -0.1) is 0 Å². The average molecular weight is 228 g/mol. The average Bonchev–Trinajstić information content (AvgIpc) is 3.15. The van der Waals surface area contributed by atoms with Crippen LogP contribution >= 0.6 is 0 Å². The summed E-state index contributed by atoms with van der Waals surface area (Å²) in [6.07, 6.45) is 2.35. The normalized spacial score (nSPS) is 20.6. The minimum atomic E-state index is 0.0629. The highest BCUT2D eigenvalue weighted by Gasteiger charge is 2.42. The molecule has 1 amide bonds. The van der Waals surface area contributed by atoms with Crippen molar-refractivity contribution >= 4 is 11.6 Å². The smallest absolute Gasteiger partial charge is 0.259 e. The first-order chi connectivity index (χ1) is 8.24. The van der Waals surface area contributed by atoms with E-state index in [0.29, 0.717) is 12.5 Å². The summed E-state index contributed by atoms with van der Waals surface area (Å²) in [4.78, 5) is 14.2. The zero-order valence-corrected chi connectivity index (χ0v) is 9.73. The van der Waals surface area contributed by atoms with Crippen LogP contribution in [0.25, 0.3) is 5.70 Å². The van der Waals surface area contributed by atoms with Gasteiger partial charge in [-0.05, 0) is 24.8 Å². The van der Waals surface area contributed by atoms with Crippen LogP contribution in [0.1, 0.15) is 28.8 Å². The molecule has 2 aliphatic rings. The van der Waals surface area contributed by atoms with E-state index in [0.717, 1.165) is 16.8 Å². The molecule has 1 aliphatic carbocycles. The van der Waals surface area contributed by atoms with Crippen LogP contribution in [0.2, 0.25) is 0 Å². The zero-order chi connectivity index (χ0) is 12.0. The Kier molecular flexibility index (Phi) is 2.30. The SMILES string of the molecule is C=C1c2ccccc2C(=O)N1C(CN)C1CC1. The van der Waals surface area contributed by atoms with Crippen molar-refractivity contribution in [2.24, 2.45) is 11.7 Å². The molecule has 0 aromatic heterocycles. The number of benzene rings is 1. The lowest BCUT2D eigenvalue weighted by Gasteiger charge is -2.27. The number of hydrogen-bond donors (Lipinski definition) is 1. The molecule has 1 aliphatic heterocycles. The number of rotatable bonds is 3. The number of carbonyl (C=O) groups excluding carboxylic acids is 1. The number of amides is 1. The Hall–Kier alpha value is -1.61. The molecule has 17 heavy (non-hydrogen) atoms. The number of hydrogen-bond acceptors (Lipinski definition) is 2. The molecule has 1 atom stereocenters. The standard InChI is InChI=1S/C14H16N2O/c1-9-11-4-2-3-5-12(11)14(17)16(9)13(8-15)10-6-7-10/h2-5,10,13H,1,6-8,15H2. The van der Waals surface area contributed by atoms with Gasteiger partial charge in [0.15, 0.2) is 0 Å². The van der Waals surface area contributed by atoms with Crippen molar-refractivity contribution in [2.75, 3.05) is 6.54 Å².